The van der Waals surface area contributed by atoms with Gasteiger partial charge in [0.2, 0.25) is 10.0 Å². The fourth-order valence-electron chi connectivity index (χ4n) is 3.85. The highest BCUT2D eigenvalue weighted by atomic mass is 32.2. The van der Waals surface area contributed by atoms with Crippen molar-refractivity contribution in [1.29, 1.82) is 0 Å². The molecule has 1 aliphatic rings. The van der Waals surface area contributed by atoms with E-state index in [1.54, 1.807) is 6.07 Å². The second kappa shape index (κ2) is 9.47. The normalized spacial score (nSPS) is 17.1. The van der Waals surface area contributed by atoms with Gasteiger partial charge in [-0.1, -0.05) is 24.3 Å². The maximum absolute atomic E-state index is 13.1. The lowest BCUT2D eigenvalue weighted by atomic mass is 10.0. The van der Waals surface area contributed by atoms with Crippen LogP contribution in [0.25, 0.3) is 0 Å². The van der Waals surface area contributed by atoms with Crippen LogP contribution in [-0.4, -0.2) is 72.1 Å². The van der Waals surface area contributed by atoms with Gasteiger partial charge in [-0.2, -0.15) is 0 Å². The van der Waals surface area contributed by atoms with E-state index in [2.05, 4.69) is 50.7 Å². The quantitative estimate of drug-likeness (QED) is 0.732. The molecule has 0 aliphatic carbocycles. The third kappa shape index (κ3) is 5.40. The van der Waals surface area contributed by atoms with E-state index >= 15 is 0 Å². The molecule has 1 N–H and O–H groups in total. The van der Waals surface area contributed by atoms with Crippen LogP contribution in [0.5, 0.6) is 0 Å². The number of nitrogens with zero attached hydrogens (tertiary/aromatic N) is 3. The Morgan fingerprint density at radius 2 is 1.63 bits per heavy atom. The zero-order chi connectivity index (χ0) is 21.9. The first-order valence-electron chi connectivity index (χ1n) is 10.4. The number of nitrogens with one attached hydrogen (secondary N) is 1. The van der Waals surface area contributed by atoms with Gasteiger partial charge in [0.05, 0.1) is 4.90 Å². The molecule has 164 valence electrons. The summed E-state index contributed by atoms with van der Waals surface area (Å²) >= 11 is 0. The molecule has 1 atom stereocenters. The summed E-state index contributed by atoms with van der Waals surface area (Å²) in [5, 5.41) is 0. The minimum atomic E-state index is -3.58. The van der Waals surface area contributed by atoms with E-state index in [-0.39, 0.29) is 6.04 Å². The Morgan fingerprint density at radius 1 is 1.00 bits per heavy atom. The summed E-state index contributed by atoms with van der Waals surface area (Å²) in [7, 11) is 2.58. The standard InChI is InChI=1S/C23H34N4O2S/c1-18-6-7-19(2)23(16-18)30(28,29)24-17-22(27-14-12-26(5)13-15-27)20-8-10-21(11-9-20)25(3)4/h6-11,16,22,24H,12-15,17H2,1-5H3/t22-/m0/s1. The van der Waals surface area contributed by atoms with Gasteiger partial charge < -0.3 is 9.80 Å². The van der Waals surface area contributed by atoms with Gasteiger partial charge in [-0.15, -0.1) is 0 Å². The minimum absolute atomic E-state index is 0.00481. The van der Waals surface area contributed by atoms with Crippen molar-refractivity contribution in [2.45, 2.75) is 24.8 Å². The number of hydrogen-bond acceptors (Lipinski definition) is 5. The molecule has 1 saturated heterocycles. The zero-order valence-corrected chi connectivity index (χ0v) is 19.5. The predicted molar refractivity (Wildman–Crippen MR) is 124 cm³/mol. The first-order chi connectivity index (χ1) is 14.2. The maximum Gasteiger partial charge on any atom is 0.240 e. The van der Waals surface area contributed by atoms with Crippen molar-refractivity contribution >= 4 is 15.7 Å². The summed E-state index contributed by atoms with van der Waals surface area (Å²) in [6.07, 6.45) is 0. The van der Waals surface area contributed by atoms with Crippen LogP contribution in [0.2, 0.25) is 0 Å². The first-order valence-corrected chi connectivity index (χ1v) is 11.9. The number of piperazine rings is 1. The minimum Gasteiger partial charge on any atom is -0.378 e. The number of likely N-dealkylation sites (N-methyl/N-ethyl adjacent to an activating group) is 1. The summed E-state index contributed by atoms with van der Waals surface area (Å²) in [4.78, 5) is 7.12. The van der Waals surface area contributed by atoms with E-state index in [4.69, 9.17) is 0 Å². The third-order valence-corrected chi connectivity index (χ3v) is 7.44. The number of rotatable bonds is 7. The van der Waals surface area contributed by atoms with Crippen molar-refractivity contribution in [3.8, 4) is 0 Å². The fourth-order valence-corrected chi connectivity index (χ4v) is 5.21. The number of aryl methyl sites for hydroxylation is 2. The molecular formula is C23H34N4O2S. The van der Waals surface area contributed by atoms with Gasteiger partial charge in [-0.05, 0) is 55.8 Å². The van der Waals surface area contributed by atoms with Gasteiger partial charge in [-0.3, -0.25) is 4.90 Å². The van der Waals surface area contributed by atoms with Crippen molar-refractivity contribution in [3.63, 3.8) is 0 Å². The Bertz CT molecular complexity index is 950. The van der Waals surface area contributed by atoms with Gasteiger partial charge in [-0.25, -0.2) is 13.1 Å². The van der Waals surface area contributed by atoms with Gasteiger partial charge in [0.25, 0.3) is 0 Å². The van der Waals surface area contributed by atoms with Crippen LogP contribution in [0.1, 0.15) is 22.7 Å². The van der Waals surface area contributed by atoms with E-state index in [1.165, 1.54) is 0 Å². The highest BCUT2D eigenvalue weighted by Crippen LogP contribution is 2.25. The third-order valence-electron chi connectivity index (χ3n) is 5.87. The molecular weight excluding hydrogens is 396 g/mol. The van der Waals surface area contributed by atoms with Crippen LogP contribution in [0.4, 0.5) is 5.69 Å². The lowest BCUT2D eigenvalue weighted by molar-refractivity contribution is 0.113. The lowest BCUT2D eigenvalue weighted by Gasteiger charge is -2.38. The van der Waals surface area contributed by atoms with Gasteiger partial charge in [0.15, 0.2) is 0 Å². The van der Waals surface area contributed by atoms with Gasteiger partial charge in [0, 0.05) is 58.5 Å². The average molecular weight is 431 g/mol. The van der Waals surface area contributed by atoms with Crippen LogP contribution < -0.4 is 9.62 Å². The Kier molecular flexibility index (Phi) is 7.18. The van der Waals surface area contributed by atoms with Crippen molar-refractivity contribution in [3.05, 3.63) is 59.2 Å². The first kappa shape index (κ1) is 22.7. The summed E-state index contributed by atoms with van der Waals surface area (Å²) in [6, 6.07) is 14.0. The molecule has 0 radical (unpaired) electrons. The van der Waals surface area contributed by atoms with Crippen molar-refractivity contribution in [2.75, 3.05) is 58.8 Å². The Labute approximate surface area is 181 Å². The molecule has 0 bridgehead atoms. The molecule has 1 fully saturated rings. The number of benzene rings is 2. The van der Waals surface area contributed by atoms with Gasteiger partial charge >= 0.3 is 0 Å². The van der Waals surface area contributed by atoms with Crippen molar-refractivity contribution in [2.24, 2.45) is 0 Å². The molecule has 3 rings (SSSR count). The topological polar surface area (TPSA) is 55.9 Å². The average Bonchev–Trinajstić information content (AvgIpc) is 2.71. The maximum atomic E-state index is 13.1. The summed E-state index contributed by atoms with van der Waals surface area (Å²) in [6.45, 7) is 7.90. The largest absolute Gasteiger partial charge is 0.378 e. The highest BCUT2D eigenvalue weighted by molar-refractivity contribution is 7.89. The summed E-state index contributed by atoms with van der Waals surface area (Å²) in [5.41, 5.74) is 3.97. The molecule has 2 aromatic carbocycles. The highest BCUT2D eigenvalue weighted by Gasteiger charge is 2.26. The molecule has 0 aromatic heterocycles. The van der Waals surface area contributed by atoms with E-state index in [9.17, 15) is 8.42 Å². The van der Waals surface area contributed by atoms with E-state index in [0.717, 1.165) is 48.6 Å². The molecule has 1 aliphatic heterocycles. The molecule has 0 spiro atoms. The van der Waals surface area contributed by atoms with Gasteiger partial charge in [0.1, 0.15) is 0 Å². The Hall–Kier alpha value is -1.93. The second-order valence-corrected chi connectivity index (χ2v) is 10.2. The number of sulfonamides is 1. The SMILES string of the molecule is Cc1ccc(C)c(S(=O)(=O)NC[C@@H](c2ccc(N(C)C)cc2)N2CCN(C)CC2)c1. The second-order valence-electron chi connectivity index (χ2n) is 8.46. The van der Waals surface area contributed by atoms with Crippen molar-refractivity contribution < 1.29 is 8.42 Å². The molecule has 6 nitrogen and oxygen atoms in total. The Balaban J connectivity index is 1.84. The lowest BCUT2D eigenvalue weighted by Crippen LogP contribution is -2.48. The number of hydrogen-bond donors (Lipinski definition) is 1. The van der Waals surface area contributed by atoms with Crippen LogP contribution in [0, 0.1) is 13.8 Å². The fraction of sp³-hybridized carbons (Fsp3) is 0.478. The molecule has 1 heterocycles. The van der Waals surface area contributed by atoms with E-state index in [0.29, 0.717) is 11.4 Å². The molecule has 0 unspecified atom stereocenters. The van der Waals surface area contributed by atoms with E-state index in [1.807, 2.05) is 40.1 Å². The van der Waals surface area contributed by atoms with Crippen LogP contribution in [0.3, 0.4) is 0 Å². The summed E-state index contributed by atoms with van der Waals surface area (Å²) < 4.78 is 29.0. The smallest absolute Gasteiger partial charge is 0.240 e. The zero-order valence-electron chi connectivity index (χ0n) is 18.7. The molecule has 0 amide bonds. The van der Waals surface area contributed by atoms with Crippen LogP contribution in [-0.2, 0) is 10.0 Å². The Morgan fingerprint density at radius 3 is 2.23 bits per heavy atom. The molecule has 7 heteroatoms. The molecule has 30 heavy (non-hydrogen) atoms. The predicted octanol–water partition coefficient (Wildman–Crippen LogP) is 2.64. The molecule has 0 saturated carbocycles. The summed E-state index contributed by atoms with van der Waals surface area (Å²) in [5.74, 6) is 0. The van der Waals surface area contributed by atoms with Crippen molar-refractivity contribution in [1.82, 2.24) is 14.5 Å². The monoisotopic (exact) mass is 430 g/mol. The van der Waals surface area contributed by atoms with Crippen LogP contribution >= 0.6 is 0 Å². The molecule has 2 aromatic rings. The van der Waals surface area contributed by atoms with E-state index < -0.39 is 10.0 Å². The van der Waals surface area contributed by atoms with Crippen LogP contribution in [0.15, 0.2) is 47.4 Å². The number of anilines is 1.